The van der Waals surface area contributed by atoms with Gasteiger partial charge in [0, 0.05) is 23.3 Å². The highest BCUT2D eigenvalue weighted by Crippen LogP contribution is 2.40. The maximum Gasteiger partial charge on any atom is 0.269 e. The number of rotatable bonds is 9. The molecule has 0 aliphatic rings. The molecular formula is C31H26N4O3S. The smallest absolute Gasteiger partial charge is 0.269 e. The molecule has 1 heterocycles. The summed E-state index contributed by atoms with van der Waals surface area (Å²) in [6.07, 6.45) is 1.71. The number of nitrogens with one attached hydrogen (secondary N) is 1. The lowest BCUT2D eigenvalue weighted by Crippen LogP contribution is -1.99. The highest BCUT2D eigenvalue weighted by atomic mass is 32.1. The number of aryl methyl sites for hydroxylation is 2. The summed E-state index contributed by atoms with van der Waals surface area (Å²) < 4.78 is 6.03. The van der Waals surface area contributed by atoms with Crippen molar-refractivity contribution in [2.24, 2.45) is 5.10 Å². The second kappa shape index (κ2) is 11.7. The van der Waals surface area contributed by atoms with E-state index in [1.165, 1.54) is 29.0 Å². The number of benzene rings is 4. The number of ether oxygens (including phenoxy) is 1. The quantitative estimate of drug-likeness (QED) is 0.117. The molecular weight excluding hydrogens is 508 g/mol. The zero-order chi connectivity index (χ0) is 27.2. The molecule has 7 nitrogen and oxygen atoms in total. The maximum absolute atomic E-state index is 11.2. The number of nitro groups is 1. The van der Waals surface area contributed by atoms with Crippen molar-refractivity contribution in [3.05, 3.63) is 129 Å². The van der Waals surface area contributed by atoms with Gasteiger partial charge in [-0.1, -0.05) is 77.6 Å². The van der Waals surface area contributed by atoms with Crippen LogP contribution in [0.5, 0.6) is 5.75 Å². The molecule has 194 valence electrons. The van der Waals surface area contributed by atoms with Crippen LogP contribution in [-0.4, -0.2) is 16.1 Å². The summed E-state index contributed by atoms with van der Waals surface area (Å²) in [6.45, 7) is 4.57. The van der Waals surface area contributed by atoms with Gasteiger partial charge in [0.2, 0.25) is 5.13 Å². The average molecular weight is 535 g/mol. The Kier molecular flexibility index (Phi) is 7.75. The van der Waals surface area contributed by atoms with Gasteiger partial charge in [-0.25, -0.2) is 4.98 Å². The Hall–Kier alpha value is -4.82. The second-order valence-corrected chi connectivity index (χ2v) is 10.0. The number of nitro benzene ring substituents is 1. The summed E-state index contributed by atoms with van der Waals surface area (Å²) >= 11 is 1.44. The van der Waals surface area contributed by atoms with Crippen LogP contribution in [0.2, 0.25) is 0 Å². The third-order valence-corrected chi connectivity index (χ3v) is 7.13. The lowest BCUT2D eigenvalue weighted by Gasteiger charge is -2.08. The van der Waals surface area contributed by atoms with Gasteiger partial charge < -0.3 is 4.74 Å². The van der Waals surface area contributed by atoms with Gasteiger partial charge in [-0.05, 0) is 54.8 Å². The van der Waals surface area contributed by atoms with Crippen LogP contribution < -0.4 is 10.2 Å². The molecule has 0 aliphatic carbocycles. The summed E-state index contributed by atoms with van der Waals surface area (Å²) in [5.74, 6) is 0.730. The number of para-hydroxylation sites is 1. The minimum Gasteiger partial charge on any atom is -0.488 e. The molecule has 0 atom stereocenters. The molecule has 4 aromatic carbocycles. The van der Waals surface area contributed by atoms with E-state index in [4.69, 9.17) is 9.72 Å². The number of aromatic nitrogens is 1. The van der Waals surface area contributed by atoms with Crippen molar-refractivity contribution in [2.75, 3.05) is 5.43 Å². The van der Waals surface area contributed by atoms with E-state index >= 15 is 0 Å². The van der Waals surface area contributed by atoms with E-state index in [1.54, 1.807) is 18.3 Å². The van der Waals surface area contributed by atoms with Crippen molar-refractivity contribution >= 4 is 28.4 Å². The van der Waals surface area contributed by atoms with E-state index in [0.29, 0.717) is 11.7 Å². The average Bonchev–Trinajstić information content (AvgIpc) is 3.37. The van der Waals surface area contributed by atoms with Gasteiger partial charge in [0.1, 0.15) is 12.4 Å². The van der Waals surface area contributed by atoms with E-state index in [1.807, 2.05) is 54.6 Å². The Morgan fingerprint density at radius 2 is 1.72 bits per heavy atom. The summed E-state index contributed by atoms with van der Waals surface area (Å²) in [4.78, 5) is 16.5. The van der Waals surface area contributed by atoms with Crippen LogP contribution in [0.25, 0.3) is 21.7 Å². The fourth-order valence-corrected chi connectivity index (χ4v) is 5.11. The van der Waals surface area contributed by atoms with Crippen molar-refractivity contribution in [3.8, 4) is 27.4 Å². The molecule has 0 unspecified atom stereocenters. The van der Waals surface area contributed by atoms with Crippen LogP contribution >= 0.6 is 11.3 Å². The first-order valence-electron chi connectivity index (χ1n) is 12.4. The third kappa shape index (κ3) is 6.19. The summed E-state index contributed by atoms with van der Waals surface area (Å²) in [6, 6.07) is 30.5. The van der Waals surface area contributed by atoms with Crippen LogP contribution in [0, 0.1) is 24.0 Å². The highest BCUT2D eigenvalue weighted by molar-refractivity contribution is 7.19. The minimum atomic E-state index is -0.398. The summed E-state index contributed by atoms with van der Waals surface area (Å²) in [5.41, 5.74) is 9.96. The predicted molar refractivity (Wildman–Crippen MR) is 158 cm³/mol. The number of nitrogens with zero attached hydrogens (tertiary/aromatic N) is 3. The molecule has 0 fully saturated rings. The van der Waals surface area contributed by atoms with Crippen molar-refractivity contribution in [2.45, 2.75) is 20.5 Å². The first-order valence-corrected chi connectivity index (χ1v) is 13.2. The van der Waals surface area contributed by atoms with E-state index in [2.05, 4.69) is 42.6 Å². The van der Waals surface area contributed by atoms with Gasteiger partial charge >= 0.3 is 0 Å². The Bertz CT molecular complexity index is 1630. The molecule has 0 saturated carbocycles. The Morgan fingerprint density at radius 3 is 2.46 bits per heavy atom. The first-order chi connectivity index (χ1) is 19.0. The molecule has 0 spiro atoms. The zero-order valence-electron chi connectivity index (χ0n) is 21.5. The number of non-ortho nitro benzene ring substituents is 1. The standard InChI is InChI=1S/C31H26N4O3S/c1-21-12-17-27(22(2)18-21)29-30(24-13-15-26(16-14-24)35(36)37)39-31(33-29)34-32-19-25-10-6-7-11-28(25)38-20-23-8-4-3-5-9-23/h3-19H,20H2,1-2H3,(H,33,34)/b32-19-. The van der Waals surface area contributed by atoms with Gasteiger partial charge in [0.05, 0.1) is 21.7 Å². The van der Waals surface area contributed by atoms with Crippen LogP contribution in [0.15, 0.2) is 102 Å². The van der Waals surface area contributed by atoms with Crippen LogP contribution in [0.1, 0.15) is 22.3 Å². The number of hydrogen-bond donors (Lipinski definition) is 1. The van der Waals surface area contributed by atoms with E-state index in [9.17, 15) is 10.1 Å². The van der Waals surface area contributed by atoms with Gasteiger partial charge in [0.15, 0.2) is 0 Å². The van der Waals surface area contributed by atoms with Gasteiger partial charge in [0.25, 0.3) is 5.69 Å². The lowest BCUT2D eigenvalue weighted by molar-refractivity contribution is -0.384. The van der Waals surface area contributed by atoms with E-state index in [-0.39, 0.29) is 5.69 Å². The highest BCUT2D eigenvalue weighted by Gasteiger charge is 2.18. The Labute approximate surface area is 230 Å². The minimum absolute atomic E-state index is 0.0485. The SMILES string of the molecule is Cc1ccc(-c2nc(N/N=C\c3ccccc3OCc3ccccc3)sc2-c2ccc([N+](=O)[O-])cc2)c(C)c1. The van der Waals surface area contributed by atoms with Crippen molar-refractivity contribution in [3.63, 3.8) is 0 Å². The molecule has 0 amide bonds. The molecule has 0 radical (unpaired) electrons. The van der Waals surface area contributed by atoms with E-state index < -0.39 is 4.92 Å². The molecule has 0 bridgehead atoms. The van der Waals surface area contributed by atoms with Gasteiger partial charge in [-0.15, -0.1) is 0 Å². The van der Waals surface area contributed by atoms with Crippen molar-refractivity contribution < 1.29 is 9.66 Å². The number of anilines is 1. The number of thiazole rings is 1. The van der Waals surface area contributed by atoms with Crippen molar-refractivity contribution in [1.82, 2.24) is 4.98 Å². The lowest BCUT2D eigenvalue weighted by atomic mass is 10.0. The third-order valence-electron chi connectivity index (χ3n) is 6.12. The molecule has 5 rings (SSSR count). The van der Waals surface area contributed by atoms with E-state index in [0.717, 1.165) is 44.1 Å². The summed E-state index contributed by atoms with van der Waals surface area (Å²) in [5, 5.41) is 16.2. The Morgan fingerprint density at radius 1 is 0.974 bits per heavy atom. The predicted octanol–water partition coefficient (Wildman–Crippen LogP) is 8.03. The number of hydrazone groups is 1. The topological polar surface area (TPSA) is 89.7 Å². The fourth-order valence-electron chi connectivity index (χ4n) is 4.17. The largest absolute Gasteiger partial charge is 0.488 e. The molecule has 1 N–H and O–H groups in total. The molecule has 8 heteroatoms. The van der Waals surface area contributed by atoms with Crippen LogP contribution in [-0.2, 0) is 6.61 Å². The molecule has 5 aromatic rings. The zero-order valence-corrected chi connectivity index (χ0v) is 22.3. The second-order valence-electron chi connectivity index (χ2n) is 9.00. The van der Waals surface area contributed by atoms with Gasteiger partial charge in [-0.2, -0.15) is 5.10 Å². The number of hydrogen-bond acceptors (Lipinski definition) is 7. The van der Waals surface area contributed by atoms with Crippen molar-refractivity contribution in [1.29, 1.82) is 0 Å². The molecule has 39 heavy (non-hydrogen) atoms. The first kappa shape index (κ1) is 25.8. The normalized spacial score (nSPS) is 11.0. The Balaban J connectivity index is 1.41. The van der Waals surface area contributed by atoms with Crippen LogP contribution in [0.4, 0.5) is 10.8 Å². The molecule has 0 aliphatic heterocycles. The molecule has 1 aromatic heterocycles. The summed E-state index contributed by atoms with van der Waals surface area (Å²) in [7, 11) is 0. The van der Waals surface area contributed by atoms with Gasteiger partial charge in [-0.3, -0.25) is 15.5 Å². The molecule has 0 saturated heterocycles. The maximum atomic E-state index is 11.2. The fraction of sp³-hybridized carbons (Fsp3) is 0.0968. The monoisotopic (exact) mass is 534 g/mol. The van der Waals surface area contributed by atoms with Crippen LogP contribution in [0.3, 0.4) is 0 Å².